The van der Waals surface area contributed by atoms with Crippen molar-refractivity contribution in [2.75, 3.05) is 0 Å². The molecule has 0 saturated heterocycles. The van der Waals surface area contributed by atoms with Gasteiger partial charge in [0, 0.05) is 0 Å². The molecule has 1 aliphatic heterocycles. The summed E-state index contributed by atoms with van der Waals surface area (Å²) in [6.07, 6.45) is 2.37. The van der Waals surface area contributed by atoms with E-state index in [1.165, 1.54) is 72.9 Å². The Morgan fingerprint density at radius 3 is 2.29 bits per heavy atom. The average Bonchev–Trinajstić information content (AvgIpc) is 3.50. The Kier molecular flexibility index (Phi) is 10.7. The topological polar surface area (TPSA) is 0 Å². The molecule has 6 rings (SSSR count). The molecule has 0 amide bonds. The Morgan fingerprint density at radius 2 is 1.58 bits per heavy atom. The van der Waals surface area contributed by atoms with E-state index in [1.54, 1.807) is 0 Å². The zero-order chi connectivity index (χ0) is 27.1. The smallest absolute Gasteiger partial charge is 0.0920 e. The SMILES string of the molecule is CCCc1cc2c(-c3ccccc3C)c(C(C)C)ccc2[cH-]1.[Cl][Zr+2][Cl].[c-]1cccc2c1[Si]c1ccccc1-2. The van der Waals surface area contributed by atoms with Gasteiger partial charge in [-0.1, -0.05) is 97.6 Å². The van der Waals surface area contributed by atoms with Gasteiger partial charge in [0.15, 0.2) is 0 Å². The Bertz CT molecular complexity index is 1460. The van der Waals surface area contributed by atoms with Crippen LogP contribution in [0.25, 0.3) is 33.0 Å². The Labute approximate surface area is 249 Å². The number of hydrogen-bond acceptors (Lipinski definition) is 0. The molecule has 1 aliphatic rings. The van der Waals surface area contributed by atoms with E-state index in [4.69, 9.17) is 17.0 Å². The summed E-state index contributed by atoms with van der Waals surface area (Å²) in [4.78, 5) is 0. The van der Waals surface area contributed by atoms with Crippen LogP contribution in [0.1, 0.15) is 49.8 Å². The maximum Gasteiger partial charge on any atom is 0.0920 e. The first kappa shape index (κ1) is 29.2. The van der Waals surface area contributed by atoms with Crippen molar-refractivity contribution >= 4 is 47.7 Å². The molecule has 0 saturated carbocycles. The van der Waals surface area contributed by atoms with Gasteiger partial charge < -0.3 is 0 Å². The third-order valence-corrected chi connectivity index (χ3v) is 8.26. The first-order valence-electron chi connectivity index (χ1n) is 13.1. The van der Waals surface area contributed by atoms with Gasteiger partial charge in [0.2, 0.25) is 0 Å². The zero-order valence-electron chi connectivity index (χ0n) is 22.4. The molecule has 0 aliphatic carbocycles. The molecule has 0 atom stereocenters. The number of halogens is 2. The molecule has 0 spiro atoms. The van der Waals surface area contributed by atoms with E-state index >= 15 is 0 Å². The largest absolute Gasteiger partial charge is 0.184 e. The van der Waals surface area contributed by atoms with Gasteiger partial charge in [0.25, 0.3) is 0 Å². The summed E-state index contributed by atoms with van der Waals surface area (Å²) >= 11 is -0.826. The molecule has 0 fully saturated rings. The van der Waals surface area contributed by atoms with E-state index in [-0.39, 0.29) is 0 Å². The van der Waals surface area contributed by atoms with Gasteiger partial charge >= 0.3 is 37.9 Å². The van der Waals surface area contributed by atoms with Crippen LogP contribution in [0.15, 0.2) is 91.0 Å². The van der Waals surface area contributed by atoms with E-state index in [0.29, 0.717) is 5.92 Å². The normalized spacial score (nSPS) is 11.1. The van der Waals surface area contributed by atoms with Crippen LogP contribution in [0.2, 0.25) is 0 Å². The monoisotopic (exact) mass is 628 g/mol. The van der Waals surface area contributed by atoms with Crippen molar-refractivity contribution in [2.24, 2.45) is 0 Å². The summed E-state index contributed by atoms with van der Waals surface area (Å²) in [6.45, 7) is 9.05. The quantitative estimate of drug-likeness (QED) is 0.135. The third kappa shape index (κ3) is 6.65. The van der Waals surface area contributed by atoms with Crippen molar-refractivity contribution in [1.29, 1.82) is 0 Å². The molecule has 1 heterocycles. The second kappa shape index (κ2) is 14.0. The molecule has 0 nitrogen and oxygen atoms in total. The third-order valence-electron chi connectivity index (χ3n) is 6.89. The summed E-state index contributed by atoms with van der Waals surface area (Å²) in [6, 6.07) is 36.3. The number of aryl methyl sites for hydroxylation is 2. The Morgan fingerprint density at radius 1 is 0.895 bits per heavy atom. The molecule has 2 radical (unpaired) electrons. The van der Waals surface area contributed by atoms with Gasteiger partial charge in [-0.05, 0) is 30.4 Å². The first-order chi connectivity index (χ1) is 18.5. The van der Waals surface area contributed by atoms with Crippen molar-refractivity contribution in [3.8, 4) is 22.3 Å². The molecule has 0 bridgehead atoms. The molecule has 0 unspecified atom stereocenters. The van der Waals surface area contributed by atoms with Crippen LogP contribution in [0.5, 0.6) is 0 Å². The minimum absolute atomic E-state index is 0.531. The van der Waals surface area contributed by atoms with E-state index in [0.717, 1.165) is 9.52 Å². The van der Waals surface area contributed by atoms with Crippen LogP contribution in [0.3, 0.4) is 0 Å². The molecule has 38 heavy (non-hydrogen) atoms. The van der Waals surface area contributed by atoms with Gasteiger partial charge in [-0.2, -0.15) is 35.5 Å². The van der Waals surface area contributed by atoms with E-state index in [1.807, 2.05) is 6.07 Å². The maximum absolute atomic E-state index is 4.93. The van der Waals surface area contributed by atoms with Crippen LogP contribution in [0.4, 0.5) is 0 Å². The van der Waals surface area contributed by atoms with E-state index < -0.39 is 20.8 Å². The molecule has 4 heteroatoms. The summed E-state index contributed by atoms with van der Waals surface area (Å²) < 4.78 is 0. The molecular weight excluding hydrogens is 599 g/mol. The van der Waals surface area contributed by atoms with Gasteiger partial charge in [-0.15, -0.1) is 40.1 Å². The van der Waals surface area contributed by atoms with Crippen molar-refractivity contribution < 1.29 is 20.8 Å². The van der Waals surface area contributed by atoms with Gasteiger partial charge in [0.05, 0.1) is 9.52 Å². The molecule has 0 N–H and O–H groups in total. The van der Waals surface area contributed by atoms with E-state index in [9.17, 15) is 0 Å². The van der Waals surface area contributed by atoms with E-state index in [2.05, 4.69) is 119 Å². The number of hydrogen-bond donors (Lipinski definition) is 0. The predicted octanol–water partition coefficient (Wildman–Crippen LogP) is 9.11. The number of rotatable bonds is 4. The minimum atomic E-state index is -0.826. The van der Waals surface area contributed by atoms with Crippen molar-refractivity contribution in [1.82, 2.24) is 0 Å². The van der Waals surface area contributed by atoms with Gasteiger partial charge in [-0.3, -0.25) is 0 Å². The minimum Gasteiger partial charge on any atom is -0.184 e. The van der Waals surface area contributed by atoms with Gasteiger partial charge in [0.1, 0.15) is 0 Å². The van der Waals surface area contributed by atoms with Crippen LogP contribution in [0, 0.1) is 13.0 Å². The standard InChI is InChI=1S/C22H25.C12H7Si.2ClH.Zr/c1-5-8-17-13-18-11-12-19(15(2)3)22(21(18)14-17)20-10-7-6-9-16(20)4;1-3-7-11-9(5-1)10-6-2-4-8-12(10)13-11;;;/h6-7,9-15H,5,8H2,1-4H3;1-7H;2*1H;/q2*-1;;;+4/p-2. The Hall–Kier alpha value is -1.83. The molecule has 5 aromatic rings. The van der Waals surface area contributed by atoms with Crippen LogP contribution in [-0.4, -0.2) is 9.52 Å². The van der Waals surface area contributed by atoms with Crippen LogP contribution < -0.4 is 10.4 Å². The molecule has 0 aromatic heterocycles. The fourth-order valence-corrected chi connectivity index (χ4v) is 6.46. The van der Waals surface area contributed by atoms with Crippen molar-refractivity contribution in [2.45, 2.75) is 46.5 Å². The second-order valence-electron chi connectivity index (χ2n) is 9.82. The number of fused-ring (bicyclic) bond motifs is 4. The van der Waals surface area contributed by atoms with Crippen molar-refractivity contribution in [3.63, 3.8) is 0 Å². The fraction of sp³-hybridized carbons (Fsp3) is 0.206. The van der Waals surface area contributed by atoms with Crippen LogP contribution in [-0.2, 0) is 27.3 Å². The number of benzene rings is 4. The molecule has 190 valence electrons. The second-order valence-corrected chi connectivity index (χ2v) is 14.8. The zero-order valence-corrected chi connectivity index (χ0v) is 27.4. The van der Waals surface area contributed by atoms with Crippen molar-refractivity contribution in [3.05, 3.63) is 114 Å². The predicted molar refractivity (Wildman–Crippen MR) is 165 cm³/mol. The maximum atomic E-state index is 4.93. The summed E-state index contributed by atoms with van der Waals surface area (Å²) in [7, 11) is 10.7. The average molecular weight is 631 g/mol. The summed E-state index contributed by atoms with van der Waals surface area (Å²) in [5, 5.41) is 5.62. The summed E-state index contributed by atoms with van der Waals surface area (Å²) in [5.41, 5.74) is 9.86. The van der Waals surface area contributed by atoms with Crippen LogP contribution >= 0.6 is 17.0 Å². The molecule has 5 aromatic carbocycles. The van der Waals surface area contributed by atoms with Gasteiger partial charge in [-0.25, -0.2) is 0 Å². The molecular formula is C34H32Cl2SiZr. The fourth-order valence-electron chi connectivity index (χ4n) is 5.16. The summed E-state index contributed by atoms with van der Waals surface area (Å²) in [5.74, 6) is 0.531. The first-order valence-corrected chi connectivity index (χ1v) is 20.4. The Balaban J connectivity index is 0.000000177.